The first-order chi connectivity index (χ1) is 11.5. The predicted molar refractivity (Wildman–Crippen MR) is 87.0 cm³/mol. The molecule has 2 rings (SSSR count). The van der Waals surface area contributed by atoms with Crippen LogP contribution >= 0.6 is 11.6 Å². The van der Waals surface area contributed by atoms with Crippen LogP contribution in [0.1, 0.15) is 18.4 Å². The number of hydrogen-bond acceptors (Lipinski definition) is 6. The number of aryl methyl sites for hydroxylation is 1. The molecule has 0 radical (unpaired) electrons. The van der Waals surface area contributed by atoms with Gasteiger partial charge in [0.2, 0.25) is 0 Å². The van der Waals surface area contributed by atoms with Gasteiger partial charge in [-0.05, 0) is 37.1 Å². The summed E-state index contributed by atoms with van der Waals surface area (Å²) < 4.78 is 15.0. The molecule has 0 aliphatic carbocycles. The van der Waals surface area contributed by atoms with E-state index in [0.717, 1.165) is 11.3 Å². The molecule has 7 nitrogen and oxygen atoms in total. The minimum absolute atomic E-state index is 0.157. The lowest BCUT2D eigenvalue weighted by atomic mass is 10.2. The fourth-order valence-electron chi connectivity index (χ4n) is 1.85. The average Bonchev–Trinajstić information content (AvgIpc) is 3.04. The van der Waals surface area contributed by atoms with E-state index < -0.39 is 11.9 Å². The number of aromatic nitrogens is 1. The van der Waals surface area contributed by atoms with Gasteiger partial charge in [0.05, 0.1) is 6.61 Å². The Hall–Kier alpha value is -2.54. The molecule has 8 heteroatoms. The number of ether oxygens (including phenoxy) is 2. The fraction of sp³-hybridized carbons (Fsp3) is 0.312. The molecule has 1 N–H and O–H groups in total. The van der Waals surface area contributed by atoms with Gasteiger partial charge >= 0.3 is 5.97 Å². The Balaban J connectivity index is 1.60. The zero-order valence-electron chi connectivity index (χ0n) is 13.1. The van der Waals surface area contributed by atoms with Crippen LogP contribution in [-0.2, 0) is 14.3 Å². The summed E-state index contributed by atoms with van der Waals surface area (Å²) in [5.74, 6) is 0.0366. The van der Waals surface area contributed by atoms with E-state index in [1.54, 1.807) is 18.2 Å². The molecular formula is C16H17ClN2O5. The van der Waals surface area contributed by atoms with Crippen molar-refractivity contribution < 1.29 is 23.6 Å². The summed E-state index contributed by atoms with van der Waals surface area (Å²) in [4.78, 5) is 23.1. The Morgan fingerprint density at radius 1 is 1.33 bits per heavy atom. The quantitative estimate of drug-likeness (QED) is 0.580. The van der Waals surface area contributed by atoms with Crippen LogP contribution < -0.4 is 10.1 Å². The van der Waals surface area contributed by atoms with Crippen molar-refractivity contribution in [2.75, 3.05) is 18.5 Å². The van der Waals surface area contributed by atoms with Crippen molar-refractivity contribution in [3.63, 3.8) is 0 Å². The van der Waals surface area contributed by atoms with Gasteiger partial charge in [-0.25, -0.2) is 0 Å². The lowest BCUT2D eigenvalue weighted by Crippen LogP contribution is -2.21. The third-order valence-corrected chi connectivity index (χ3v) is 3.22. The van der Waals surface area contributed by atoms with Crippen molar-refractivity contribution in [2.24, 2.45) is 0 Å². The summed E-state index contributed by atoms with van der Waals surface area (Å²) in [6.45, 7) is 1.88. The van der Waals surface area contributed by atoms with Gasteiger partial charge in [-0.15, -0.1) is 0 Å². The topological polar surface area (TPSA) is 90.7 Å². The number of rotatable bonds is 8. The van der Waals surface area contributed by atoms with Gasteiger partial charge in [0.25, 0.3) is 5.91 Å². The lowest BCUT2D eigenvalue weighted by Gasteiger charge is -2.09. The zero-order valence-corrected chi connectivity index (χ0v) is 13.8. The monoisotopic (exact) mass is 352 g/mol. The largest absolute Gasteiger partial charge is 0.493 e. The number of hydrogen-bond donors (Lipinski definition) is 1. The molecule has 0 saturated heterocycles. The van der Waals surface area contributed by atoms with Crippen molar-refractivity contribution >= 4 is 29.3 Å². The highest BCUT2D eigenvalue weighted by Crippen LogP contribution is 2.21. The molecule has 0 aliphatic heterocycles. The van der Waals surface area contributed by atoms with Crippen molar-refractivity contribution in [3.05, 3.63) is 41.1 Å². The van der Waals surface area contributed by atoms with Crippen molar-refractivity contribution in [2.45, 2.75) is 19.8 Å². The number of carbonyl (C=O) groups is 2. The smallest absolute Gasteiger partial charge is 0.306 e. The van der Waals surface area contributed by atoms with E-state index in [2.05, 4.69) is 15.0 Å². The fourth-order valence-corrected chi connectivity index (χ4v) is 2.07. The molecule has 0 spiro atoms. The van der Waals surface area contributed by atoms with E-state index in [0.29, 0.717) is 18.1 Å². The molecular weight excluding hydrogens is 336 g/mol. The van der Waals surface area contributed by atoms with E-state index in [1.807, 2.05) is 6.92 Å². The van der Waals surface area contributed by atoms with E-state index in [1.165, 1.54) is 12.3 Å². The third-order valence-electron chi connectivity index (χ3n) is 2.99. The van der Waals surface area contributed by atoms with Gasteiger partial charge in [-0.1, -0.05) is 16.8 Å². The highest BCUT2D eigenvalue weighted by Gasteiger charge is 2.09. The molecule has 0 unspecified atom stereocenters. The van der Waals surface area contributed by atoms with E-state index in [9.17, 15) is 9.59 Å². The summed E-state index contributed by atoms with van der Waals surface area (Å²) >= 11 is 5.87. The third kappa shape index (κ3) is 5.92. The lowest BCUT2D eigenvalue weighted by molar-refractivity contribution is -0.147. The maximum Gasteiger partial charge on any atom is 0.306 e. The Morgan fingerprint density at radius 2 is 2.17 bits per heavy atom. The average molecular weight is 353 g/mol. The van der Waals surface area contributed by atoms with Crippen LogP contribution in [0.2, 0.25) is 5.02 Å². The SMILES string of the molecule is Cc1cc(Cl)ccc1OCCCC(=O)OCC(=O)Nc1ccon1. The number of carbonyl (C=O) groups excluding carboxylic acids is 2. The second-order valence-electron chi connectivity index (χ2n) is 4.96. The molecule has 1 aromatic heterocycles. The Morgan fingerprint density at radius 3 is 2.88 bits per heavy atom. The number of nitrogens with zero attached hydrogens (tertiary/aromatic N) is 1. The number of anilines is 1. The highest BCUT2D eigenvalue weighted by molar-refractivity contribution is 6.30. The molecule has 0 atom stereocenters. The number of nitrogens with one attached hydrogen (secondary N) is 1. The summed E-state index contributed by atoms with van der Waals surface area (Å²) in [6.07, 6.45) is 1.96. The molecule has 1 aromatic carbocycles. The van der Waals surface area contributed by atoms with Gasteiger partial charge in [-0.2, -0.15) is 0 Å². The van der Waals surface area contributed by atoms with Crippen LogP contribution in [0, 0.1) is 6.92 Å². The highest BCUT2D eigenvalue weighted by atomic mass is 35.5. The molecule has 0 saturated carbocycles. The molecule has 24 heavy (non-hydrogen) atoms. The second kappa shape index (κ2) is 8.93. The van der Waals surface area contributed by atoms with Gasteiger partial charge in [-0.3, -0.25) is 9.59 Å². The van der Waals surface area contributed by atoms with Gasteiger partial charge < -0.3 is 19.3 Å². The maximum atomic E-state index is 11.6. The van der Waals surface area contributed by atoms with Crippen LogP contribution in [0.25, 0.3) is 0 Å². The Labute approximate surface area is 143 Å². The Bertz CT molecular complexity index is 688. The molecule has 2 aromatic rings. The summed E-state index contributed by atoms with van der Waals surface area (Å²) in [5, 5.41) is 6.58. The van der Waals surface area contributed by atoms with Crippen molar-refractivity contribution in [3.8, 4) is 5.75 Å². The number of esters is 1. The van der Waals surface area contributed by atoms with E-state index in [-0.39, 0.29) is 18.8 Å². The van der Waals surface area contributed by atoms with Crippen LogP contribution in [0.4, 0.5) is 5.82 Å². The van der Waals surface area contributed by atoms with Crippen molar-refractivity contribution in [1.29, 1.82) is 0 Å². The molecule has 1 amide bonds. The Kier molecular flexibility index (Phi) is 6.62. The molecule has 1 heterocycles. The first-order valence-corrected chi connectivity index (χ1v) is 7.67. The van der Waals surface area contributed by atoms with Gasteiger partial charge in [0.1, 0.15) is 12.0 Å². The van der Waals surface area contributed by atoms with Crippen LogP contribution in [0.3, 0.4) is 0 Å². The first-order valence-electron chi connectivity index (χ1n) is 7.29. The van der Waals surface area contributed by atoms with E-state index >= 15 is 0 Å². The molecule has 0 aliphatic rings. The van der Waals surface area contributed by atoms with Crippen LogP contribution in [0.15, 0.2) is 35.1 Å². The first kappa shape index (κ1) is 17.8. The minimum atomic E-state index is -0.481. The summed E-state index contributed by atoms with van der Waals surface area (Å²) in [6, 6.07) is 6.81. The van der Waals surface area contributed by atoms with Gasteiger partial charge in [0.15, 0.2) is 12.4 Å². The molecule has 0 bridgehead atoms. The standard InChI is InChI=1S/C16H17ClN2O5/c1-11-9-12(17)4-5-13(11)22-7-2-3-16(21)23-10-15(20)18-14-6-8-24-19-14/h4-6,8-9H,2-3,7,10H2,1H3,(H,18,19,20). The maximum absolute atomic E-state index is 11.6. The normalized spacial score (nSPS) is 10.2. The zero-order chi connectivity index (χ0) is 17.4. The molecule has 0 fully saturated rings. The van der Waals surface area contributed by atoms with Gasteiger partial charge in [0, 0.05) is 17.5 Å². The predicted octanol–water partition coefficient (Wildman–Crippen LogP) is 2.98. The number of benzene rings is 1. The van der Waals surface area contributed by atoms with E-state index in [4.69, 9.17) is 21.1 Å². The number of amides is 1. The summed E-state index contributed by atoms with van der Waals surface area (Å²) in [5.41, 5.74) is 0.926. The van der Waals surface area contributed by atoms with Crippen LogP contribution in [0.5, 0.6) is 5.75 Å². The summed E-state index contributed by atoms with van der Waals surface area (Å²) in [7, 11) is 0. The second-order valence-corrected chi connectivity index (χ2v) is 5.39. The number of halogens is 1. The minimum Gasteiger partial charge on any atom is -0.493 e. The molecule has 128 valence electrons. The van der Waals surface area contributed by atoms with Crippen LogP contribution in [-0.4, -0.2) is 30.2 Å². The van der Waals surface area contributed by atoms with Crippen molar-refractivity contribution in [1.82, 2.24) is 5.16 Å².